The molecular weight excluding hydrogens is 438 g/mol. The number of hydrogen-bond donors (Lipinski definition) is 0. The zero-order valence-electron chi connectivity index (χ0n) is 18.5. The molecule has 10 heteroatoms. The highest BCUT2D eigenvalue weighted by Crippen LogP contribution is 2.30. The van der Waals surface area contributed by atoms with Crippen molar-refractivity contribution in [2.24, 2.45) is 7.05 Å². The van der Waals surface area contributed by atoms with Gasteiger partial charge in [0.15, 0.2) is 11.4 Å². The molecule has 1 atom stereocenters. The van der Waals surface area contributed by atoms with Crippen LogP contribution in [0, 0.1) is 11.6 Å². The van der Waals surface area contributed by atoms with Gasteiger partial charge in [-0.25, -0.2) is 23.5 Å². The smallest absolute Gasteiger partial charge is 0.293 e. The molecule has 0 spiro atoms. The fourth-order valence-corrected chi connectivity index (χ4v) is 4.26. The predicted molar refractivity (Wildman–Crippen MR) is 119 cm³/mol. The van der Waals surface area contributed by atoms with E-state index in [-0.39, 0.29) is 27.5 Å². The van der Waals surface area contributed by atoms with Gasteiger partial charge in [0.1, 0.15) is 27.9 Å². The molecule has 0 saturated carbocycles. The summed E-state index contributed by atoms with van der Waals surface area (Å²) < 4.78 is 29.8. The molecule has 7 nitrogen and oxygen atoms in total. The number of thioether (sulfide) groups is 1. The molecule has 1 aromatic carbocycles. The van der Waals surface area contributed by atoms with Gasteiger partial charge >= 0.3 is 5.69 Å². The number of rotatable bonds is 7. The Morgan fingerprint density at radius 1 is 1.16 bits per heavy atom. The average molecular weight is 463 g/mol. The van der Waals surface area contributed by atoms with Crippen LogP contribution in [0.15, 0.2) is 32.8 Å². The number of fused-ring (bicyclic) bond motifs is 1. The van der Waals surface area contributed by atoms with Crippen LogP contribution in [0.4, 0.5) is 8.78 Å². The van der Waals surface area contributed by atoms with E-state index >= 15 is 0 Å². The largest absolute Gasteiger partial charge is 0.332 e. The van der Waals surface area contributed by atoms with E-state index in [9.17, 15) is 23.2 Å². The van der Waals surface area contributed by atoms with Crippen LogP contribution in [-0.2, 0) is 13.6 Å². The summed E-state index contributed by atoms with van der Waals surface area (Å²) >= 11 is 0.986. The van der Waals surface area contributed by atoms with Gasteiger partial charge in [-0.05, 0) is 25.5 Å². The van der Waals surface area contributed by atoms with Crippen molar-refractivity contribution in [3.63, 3.8) is 0 Å². The molecule has 32 heavy (non-hydrogen) atoms. The minimum absolute atomic E-state index is 0.103. The second kappa shape index (κ2) is 9.32. The lowest BCUT2D eigenvalue weighted by molar-refractivity contribution is 0.0990. The fraction of sp³-hybridized carbons (Fsp3) is 0.409. The molecule has 1 unspecified atom stereocenters. The lowest BCUT2D eigenvalue weighted by Gasteiger charge is -2.17. The fourth-order valence-electron chi connectivity index (χ4n) is 3.25. The molecule has 0 aliphatic carbocycles. The molecule has 0 N–H and O–H groups in total. The van der Waals surface area contributed by atoms with Crippen molar-refractivity contribution in [1.82, 2.24) is 19.1 Å². The summed E-state index contributed by atoms with van der Waals surface area (Å²) in [6, 6.07) is 2.77. The summed E-state index contributed by atoms with van der Waals surface area (Å²) in [6.45, 7) is 7.58. The minimum Gasteiger partial charge on any atom is -0.293 e. The summed E-state index contributed by atoms with van der Waals surface area (Å²) in [6.07, 6.45) is 0.648. The maximum atomic E-state index is 14.1. The first-order valence-corrected chi connectivity index (χ1v) is 11.1. The Balaban J connectivity index is 2.19. The van der Waals surface area contributed by atoms with Gasteiger partial charge in [-0.3, -0.25) is 18.7 Å². The topological polar surface area (TPSA) is 86.9 Å². The number of aryl methyl sites for hydroxylation is 1. The van der Waals surface area contributed by atoms with Gasteiger partial charge in [-0.15, -0.1) is 0 Å². The molecule has 3 aromatic rings. The third-order valence-corrected chi connectivity index (χ3v) is 6.07. The molecule has 0 fully saturated rings. The summed E-state index contributed by atoms with van der Waals surface area (Å²) in [5.41, 5.74) is -1.08. The molecule has 0 aliphatic heterocycles. The lowest BCUT2D eigenvalue weighted by Crippen LogP contribution is -2.39. The molecule has 170 valence electrons. The second-order valence-electron chi connectivity index (χ2n) is 7.79. The van der Waals surface area contributed by atoms with Gasteiger partial charge in [0.2, 0.25) is 0 Å². The average Bonchev–Trinajstić information content (AvgIpc) is 2.74. The van der Waals surface area contributed by atoms with E-state index in [0.29, 0.717) is 24.9 Å². The Hall–Kier alpha value is -2.88. The van der Waals surface area contributed by atoms with Crippen molar-refractivity contribution in [3.8, 4) is 0 Å². The van der Waals surface area contributed by atoms with Crippen LogP contribution in [0.1, 0.15) is 56.2 Å². The summed E-state index contributed by atoms with van der Waals surface area (Å²) in [7, 11) is 1.38. The Labute approximate surface area is 187 Å². The number of aromatic nitrogens is 4. The van der Waals surface area contributed by atoms with Crippen LogP contribution in [0.25, 0.3) is 11.0 Å². The number of carbonyl (C=O) groups is 1. The molecule has 0 radical (unpaired) electrons. The second-order valence-corrected chi connectivity index (χ2v) is 9.12. The van der Waals surface area contributed by atoms with Gasteiger partial charge in [0, 0.05) is 25.6 Å². The first kappa shape index (κ1) is 23.8. The SMILES string of the molecule is CCCn1c(=O)n(C)c(=O)c2c(SC(C)C(=O)c3ccc(F)cc3F)nc(C(C)C)nc21. The van der Waals surface area contributed by atoms with Crippen LogP contribution in [0.5, 0.6) is 0 Å². The van der Waals surface area contributed by atoms with Crippen molar-refractivity contribution >= 4 is 28.6 Å². The van der Waals surface area contributed by atoms with Gasteiger partial charge in [-0.2, -0.15) is 0 Å². The zero-order chi connectivity index (χ0) is 23.7. The molecule has 0 aliphatic rings. The van der Waals surface area contributed by atoms with Crippen molar-refractivity contribution < 1.29 is 13.6 Å². The van der Waals surface area contributed by atoms with E-state index in [1.165, 1.54) is 11.6 Å². The molecular formula is C22H24F2N4O3S. The van der Waals surface area contributed by atoms with Crippen LogP contribution in [0.3, 0.4) is 0 Å². The summed E-state index contributed by atoms with van der Waals surface area (Å²) in [4.78, 5) is 47.5. The highest BCUT2D eigenvalue weighted by atomic mass is 32.2. The third-order valence-electron chi connectivity index (χ3n) is 4.98. The molecule has 2 heterocycles. The first-order valence-electron chi connectivity index (χ1n) is 10.2. The summed E-state index contributed by atoms with van der Waals surface area (Å²) in [5.74, 6) is -1.98. The number of carbonyl (C=O) groups excluding carboxylic acids is 1. The van der Waals surface area contributed by atoms with E-state index < -0.39 is 33.9 Å². The molecule has 0 bridgehead atoms. The Kier molecular flexibility index (Phi) is 6.92. The number of halogens is 2. The van der Waals surface area contributed by atoms with Gasteiger partial charge in [-0.1, -0.05) is 32.5 Å². The minimum atomic E-state index is -0.953. The number of benzene rings is 1. The van der Waals surface area contributed by atoms with E-state index in [1.807, 2.05) is 20.8 Å². The van der Waals surface area contributed by atoms with E-state index in [4.69, 9.17) is 0 Å². The van der Waals surface area contributed by atoms with Crippen molar-refractivity contribution in [3.05, 3.63) is 62.1 Å². The maximum Gasteiger partial charge on any atom is 0.332 e. The van der Waals surface area contributed by atoms with E-state index in [1.54, 1.807) is 6.92 Å². The van der Waals surface area contributed by atoms with Crippen molar-refractivity contribution in [1.29, 1.82) is 0 Å². The van der Waals surface area contributed by atoms with Crippen LogP contribution in [-0.4, -0.2) is 30.1 Å². The highest BCUT2D eigenvalue weighted by Gasteiger charge is 2.25. The monoisotopic (exact) mass is 462 g/mol. The number of hydrogen-bond acceptors (Lipinski definition) is 6. The van der Waals surface area contributed by atoms with Crippen LogP contribution >= 0.6 is 11.8 Å². The quantitative estimate of drug-likeness (QED) is 0.303. The van der Waals surface area contributed by atoms with E-state index in [0.717, 1.165) is 28.5 Å². The number of ketones is 1. The van der Waals surface area contributed by atoms with Crippen molar-refractivity contribution in [2.75, 3.05) is 0 Å². The third kappa shape index (κ3) is 4.36. The molecule has 2 aromatic heterocycles. The summed E-state index contributed by atoms with van der Waals surface area (Å²) in [5, 5.41) is -0.453. The van der Waals surface area contributed by atoms with Gasteiger partial charge < -0.3 is 0 Å². The molecule has 0 saturated heterocycles. The predicted octanol–water partition coefficient (Wildman–Crippen LogP) is 3.67. The zero-order valence-corrected chi connectivity index (χ0v) is 19.3. The normalized spacial score (nSPS) is 12.5. The highest BCUT2D eigenvalue weighted by molar-refractivity contribution is 8.00. The van der Waals surface area contributed by atoms with Crippen LogP contribution < -0.4 is 11.2 Å². The Morgan fingerprint density at radius 2 is 1.84 bits per heavy atom. The molecule has 0 amide bonds. The lowest BCUT2D eigenvalue weighted by atomic mass is 10.1. The van der Waals surface area contributed by atoms with Gasteiger partial charge in [0.25, 0.3) is 5.56 Å². The van der Waals surface area contributed by atoms with E-state index in [2.05, 4.69) is 9.97 Å². The van der Waals surface area contributed by atoms with Crippen LogP contribution in [0.2, 0.25) is 0 Å². The van der Waals surface area contributed by atoms with Crippen molar-refractivity contribution in [2.45, 2.75) is 56.9 Å². The number of nitrogens with zero attached hydrogens (tertiary/aromatic N) is 4. The Bertz CT molecular complexity index is 1320. The maximum absolute atomic E-state index is 14.1. The first-order chi connectivity index (χ1) is 15.1. The number of Topliss-reactive ketones (excluding diaryl/α,β-unsaturated/α-hetero) is 1. The standard InChI is InChI=1S/C22H24F2N4O3S/c1-6-9-28-19-16(21(30)27(5)22(28)31)20(26-18(25-19)11(2)3)32-12(4)17(29)14-8-7-13(23)10-15(14)24/h7-8,10-12H,6,9H2,1-5H3. The molecule has 3 rings (SSSR count). The van der Waals surface area contributed by atoms with Gasteiger partial charge in [0.05, 0.1) is 10.8 Å². The Morgan fingerprint density at radius 3 is 2.44 bits per heavy atom.